The summed E-state index contributed by atoms with van der Waals surface area (Å²) in [6.07, 6.45) is 2.01. The quantitative estimate of drug-likeness (QED) is 0.673. The summed E-state index contributed by atoms with van der Waals surface area (Å²) in [5, 5.41) is 5.28. The first-order valence-corrected chi connectivity index (χ1v) is 10.5. The summed E-state index contributed by atoms with van der Waals surface area (Å²) in [5.74, 6) is -0.433. The Morgan fingerprint density at radius 1 is 1.22 bits per heavy atom. The first kappa shape index (κ1) is 21.2. The van der Waals surface area contributed by atoms with Gasteiger partial charge in [-0.25, -0.2) is 8.42 Å². The van der Waals surface area contributed by atoms with Gasteiger partial charge in [0, 0.05) is 19.6 Å². The Kier molecular flexibility index (Phi) is 7.61. The number of rotatable bonds is 8. The molecule has 27 heavy (non-hydrogen) atoms. The molecule has 0 spiro atoms. The molecule has 150 valence electrons. The Morgan fingerprint density at radius 3 is 2.56 bits per heavy atom. The molecular weight excluding hydrogens is 370 g/mol. The normalized spacial score (nSPS) is 17.9. The van der Waals surface area contributed by atoms with E-state index in [1.165, 1.54) is 23.5 Å². The molecule has 1 fully saturated rings. The Balaban J connectivity index is 1.97. The van der Waals surface area contributed by atoms with Gasteiger partial charge in [-0.2, -0.15) is 4.31 Å². The average molecular weight is 397 g/mol. The number of benzene rings is 1. The Morgan fingerprint density at radius 2 is 1.93 bits per heavy atom. The van der Waals surface area contributed by atoms with Crippen LogP contribution in [0, 0.1) is 5.92 Å². The highest BCUT2D eigenvalue weighted by molar-refractivity contribution is 7.89. The summed E-state index contributed by atoms with van der Waals surface area (Å²) in [6.45, 7) is 2.89. The number of amides is 2. The van der Waals surface area contributed by atoms with Crippen LogP contribution in [-0.2, 0) is 19.6 Å². The van der Waals surface area contributed by atoms with E-state index in [1.807, 2.05) is 6.92 Å². The van der Waals surface area contributed by atoms with Gasteiger partial charge in [0.25, 0.3) is 0 Å². The molecule has 0 aromatic heterocycles. The third-order valence-electron chi connectivity index (χ3n) is 4.45. The smallest absolute Gasteiger partial charge is 0.243 e. The lowest BCUT2D eigenvalue weighted by Gasteiger charge is -2.31. The van der Waals surface area contributed by atoms with Gasteiger partial charge in [0.05, 0.1) is 24.5 Å². The fourth-order valence-corrected chi connectivity index (χ4v) is 4.43. The molecule has 0 unspecified atom stereocenters. The highest BCUT2D eigenvalue weighted by atomic mass is 32.2. The molecule has 1 aliphatic heterocycles. The van der Waals surface area contributed by atoms with E-state index in [2.05, 4.69) is 10.6 Å². The van der Waals surface area contributed by atoms with Crippen LogP contribution in [0.5, 0.6) is 5.75 Å². The molecule has 0 saturated carbocycles. The van der Waals surface area contributed by atoms with Crippen LogP contribution in [0.4, 0.5) is 0 Å². The van der Waals surface area contributed by atoms with Gasteiger partial charge >= 0.3 is 0 Å². The van der Waals surface area contributed by atoms with E-state index in [1.54, 1.807) is 12.1 Å². The Labute approximate surface area is 160 Å². The zero-order valence-corrected chi connectivity index (χ0v) is 16.5. The van der Waals surface area contributed by atoms with E-state index in [-0.39, 0.29) is 29.8 Å². The summed E-state index contributed by atoms with van der Waals surface area (Å²) in [4.78, 5) is 24.1. The second kappa shape index (κ2) is 9.70. The minimum atomic E-state index is -3.68. The maximum Gasteiger partial charge on any atom is 0.243 e. The van der Waals surface area contributed by atoms with Crippen molar-refractivity contribution in [3.05, 3.63) is 24.3 Å². The Bertz CT molecular complexity index is 749. The maximum absolute atomic E-state index is 12.8. The first-order valence-electron chi connectivity index (χ1n) is 9.07. The van der Waals surface area contributed by atoms with Crippen LogP contribution in [-0.4, -0.2) is 57.8 Å². The van der Waals surface area contributed by atoms with Gasteiger partial charge in [-0.05, 0) is 43.5 Å². The van der Waals surface area contributed by atoms with Gasteiger partial charge in [-0.15, -0.1) is 0 Å². The molecular formula is C18H27N3O5S. The molecule has 1 aliphatic rings. The van der Waals surface area contributed by atoms with E-state index < -0.39 is 15.9 Å². The van der Waals surface area contributed by atoms with Crippen molar-refractivity contribution >= 4 is 21.8 Å². The lowest BCUT2D eigenvalue weighted by Crippen LogP contribution is -2.47. The van der Waals surface area contributed by atoms with Crippen molar-refractivity contribution in [3.63, 3.8) is 0 Å². The highest BCUT2D eigenvalue weighted by Gasteiger charge is 2.33. The number of carbonyl (C=O) groups is 2. The van der Waals surface area contributed by atoms with Crippen molar-refractivity contribution in [2.75, 3.05) is 33.3 Å². The zero-order chi connectivity index (χ0) is 19.9. The molecule has 1 saturated heterocycles. The molecule has 0 bridgehead atoms. The van der Waals surface area contributed by atoms with Gasteiger partial charge in [0.15, 0.2) is 0 Å². The SMILES string of the molecule is CCCNC(=O)CNC(=O)[C@@H]1CCCN(S(=O)(=O)c2ccc(OC)cc2)C1. The molecule has 8 nitrogen and oxygen atoms in total. The van der Waals surface area contributed by atoms with Crippen LogP contribution < -0.4 is 15.4 Å². The summed E-state index contributed by atoms with van der Waals surface area (Å²) >= 11 is 0. The number of hydrogen-bond acceptors (Lipinski definition) is 5. The number of hydrogen-bond donors (Lipinski definition) is 2. The van der Waals surface area contributed by atoms with Crippen LogP contribution in [0.2, 0.25) is 0 Å². The van der Waals surface area contributed by atoms with Crippen LogP contribution in [0.15, 0.2) is 29.2 Å². The molecule has 9 heteroatoms. The lowest BCUT2D eigenvalue weighted by atomic mass is 9.99. The fourth-order valence-electron chi connectivity index (χ4n) is 2.91. The lowest BCUT2D eigenvalue weighted by molar-refractivity contribution is -0.129. The third-order valence-corrected chi connectivity index (χ3v) is 6.33. The first-order chi connectivity index (χ1) is 12.9. The molecule has 2 N–H and O–H groups in total. The molecule has 2 rings (SSSR count). The number of piperidine rings is 1. The van der Waals surface area contributed by atoms with Gasteiger partial charge in [0.1, 0.15) is 5.75 Å². The van der Waals surface area contributed by atoms with E-state index in [9.17, 15) is 18.0 Å². The number of carbonyl (C=O) groups excluding carboxylic acids is 2. The molecule has 1 aromatic carbocycles. The van der Waals surface area contributed by atoms with E-state index in [0.717, 1.165) is 6.42 Å². The third kappa shape index (κ3) is 5.67. The van der Waals surface area contributed by atoms with Crippen molar-refractivity contribution in [3.8, 4) is 5.75 Å². The van der Waals surface area contributed by atoms with Gasteiger partial charge < -0.3 is 15.4 Å². The van der Waals surface area contributed by atoms with Gasteiger partial charge in [-0.3, -0.25) is 9.59 Å². The largest absolute Gasteiger partial charge is 0.497 e. The minimum Gasteiger partial charge on any atom is -0.497 e. The average Bonchev–Trinajstić information content (AvgIpc) is 2.70. The van der Waals surface area contributed by atoms with Crippen LogP contribution >= 0.6 is 0 Å². The summed E-state index contributed by atoms with van der Waals surface area (Å²) in [5.41, 5.74) is 0. The molecule has 0 aliphatic carbocycles. The van der Waals surface area contributed by atoms with Gasteiger partial charge in [-0.1, -0.05) is 6.92 Å². The van der Waals surface area contributed by atoms with Crippen LogP contribution in [0.25, 0.3) is 0 Å². The van der Waals surface area contributed by atoms with Crippen molar-refractivity contribution in [2.24, 2.45) is 5.92 Å². The maximum atomic E-state index is 12.8. The highest BCUT2D eigenvalue weighted by Crippen LogP contribution is 2.25. The monoisotopic (exact) mass is 397 g/mol. The molecule has 0 radical (unpaired) electrons. The number of methoxy groups -OCH3 is 1. The van der Waals surface area contributed by atoms with Gasteiger partial charge in [0.2, 0.25) is 21.8 Å². The van der Waals surface area contributed by atoms with Crippen molar-refractivity contribution in [1.82, 2.24) is 14.9 Å². The summed E-state index contributed by atoms with van der Waals surface area (Å²) < 4.78 is 32.0. The van der Waals surface area contributed by atoms with E-state index >= 15 is 0 Å². The van der Waals surface area contributed by atoms with Crippen molar-refractivity contribution in [2.45, 2.75) is 31.1 Å². The van der Waals surface area contributed by atoms with Crippen molar-refractivity contribution < 1.29 is 22.7 Å². The number of nitrogens with zero attached hydrogens (tertiary/aromatic N) is 1. The minimum absolute atomic E-state index is 0.0967. The zero-order valence-electron chi connectivity index (χ0n) is 15.7. The predicted molar refractivity (Wildman–Crippen MR) is 101 cm³/mol. The fraction of sp³-hybridized carbons (Fsp3) is 0.556. The second-order valence-corrected chi connectivity index (χ2v) is 8.38. The standard InChI is InChI=1S/C18H27N3O5S/c1-3-10-19-17(22)12-20-18(23)14-5-4-11-21(13-14)27(24,25)16-8-6-15(26-2)7-9-16/h6-9,14H,3-5,10-13H2,1-2H3,(H,19,22)(H,20,23)/t14-/m1/s1. The van der Waals surface area contributed by atoms with Crippen LogP contribution in [0.1, 0.15) is 26.2 Å². The van der Waals surface area contributed by atoms with E-state index in [4.69, 9.17) is 4.74 Å². The summed E-state index contributed by atoms with van der Waals surface area (Å²) in [7, 11) is -2.16. The molecule has 1 heterocycles. The molecule has 2 amide bonds. The summed E-state index contributed by atoms with van der Waals surface area (Å²) in [6, 6.07) is 6.18. The molecule has 1 atom stereocenters. The van der Waals surface area contributed by atoms with Crippen molar-refractivity contribution in [1.29, 1.82) is 0 Å². The topological polar surface area (TPSA) is 105 Å². The predicted octanol–water partition coefficient (Wildman–Crippen LogP) is 0.738. The molecule has 1 aromatic rings. The number of sulfonamides is 1. The second-order valence-electron chi connectivity index (χ2n) is 6.45. The van der Waals surface area contributed by atoms with Crippen LogP contribution in [0.3, 0.4) is 0 Å². The van der Waals surface area contributed by atoms with E-state index in [0.29, 0.717) is 31.7 Å². The Hall–Kier alpha value is -2.13. The number of nitrogens with one attached hydrogen (secondary N) is 2. The number of ether oxygens (including phenoxy) is 1.